The number of aromatic nitrogens is 1. The second kappa shape index (κ2) is 5.09. The van der Waals surface area contributed by atoms with E-state index in [0.717, 1.165) is 10.9 Å². The van der Waals surface area contributed by atoms with Crippen LogP contribution in [0.3, 0.4) is 0 Å². The number of rotatable bonds is 2. The second-order valence-corrected chi connectivity index (χ2v) is 5.12. The van der Waals surface area contributed by atoms with Crippen molar-refractivity contribution in [2.24, 2.45) is 0 Å². The van der Waals surface area contributed by atoms with Crippen LogP contribution < -0.4 is 10.5 Å². The van der Waals surface area contributed by atoms with Gasteiger partial charge in [-0.25, -0.2) is 4.39 Å². The van der Waals surface area contributed by atoms with Gasteiger partial charge >= 0.3 is 0 Å². The minimum atomic E-state index is -0.323. The summed E-state index contributed by atoms with van der Waals surface area (Å²) in [5.74, 6) is 0.856. The lowest BCUT2D eigenvalue weighted by Gasteiger charge is -2.10. The van der Waals surface area contributed by atoms with Crippen LogP contribution >= 0.6 is 15.9 Å². The number of ether oxygens (including phenoxy) is 1. The third kappa shape index (κ3) is 2.44. The fourth-order valence-corrected chi connectivity index (χ4v) is 2.34. The molecule has 0 aliphatic carbocycles. The van der Waals surface area contributed by atoms with Gasteiger partial charge in [0, 0.05) is 17.3 Å². The summed E-state index contributed by atoms with van der Waals surface area (Å²) in [5.41, 5.74) is 7.13. The Morgan fingerprint density at radius 2 is 1.90 bits per heavy atom. The quantitative estimate of drug-likeness (QED) is 0.702. The zero-order valence-electron chi connectivity index (χ0n) is 10.3. The molecule has 0 aliphatic rings. The molecule has 0 fully saturated rings. The zero-order valence-corrected chi connectivity index (χ0v) is 11.9. The Morgan fingerprint density at radius 1 is 1.05 bits per heavy atom. The molecule has 0 aliphatic heterocycles. The van der Waals surface area contributed by atoms with Crippen LogP contribution in [-0.2, 0) is 0 Å². The van der Waals surface area contributed by atoms with Gasteiger partial charge in [0.05, 0.1) is 9.99 Å². The molecule has 0 bridgehead atoms. The fraction of sp³-hybridized carbons (Fsp3) is 0. The summed E-state index contributed by atoms with van der Waals surface area (Å²) in [5, 5.41) is 0.845. The van der Waals surface area contributed by atoms with Gasteiger partial charge in [-0.3, -0.25) is 4.98 Å². The van der Waals surface area contributed by atoms with E-state index in [9.17, 15) is 4.39 Å². The van der Waals surface area contributed by atoms with Gasteiger partial charge in [-0.15, -0.1) is 0 Å². The van der Waals surface area contributed by atoms with Crippen LogP contribution in [0.15, 0.2) is 53.1 Å². The maximum absolute atomic E-state index is 13.1. The molecule has 100 valence electrons. The molecule has 0 atom stereocenters. The summed E-state index contributed by atoms with van der Waals surface area (Å²) < 4.78 is 19.5. The molecule has 3 aromatic rings. The second-order valence-electron chi connectivity index (χ2n) is 4.26. The highest BCUT2D eigenvalue weighted by Gasteiger charge is 2.08. The fourth-order valence-electron chi connectivity index (χ4n) is 1.90. The van der Waals surface area contributed by atoms with Gasteiger partial charge in [0.25, 0.3) is 0 Å². The molecule has 0 saturated heterocycles. The van der Waals surface area contributed by atoms with Crippen molar-refractivity contribution in [2.75, 3.05) is 5.73 Å². The predicted molar refractivity (Wildman–Crippen MR) is 80.3 cm³/mol. The van der Waals surface area contributed by atoms with Crippen molar-refractivity contribution in [3.8, 4) is 11.5 Å². The van der Waals surface area contributed by atoms with Gasteiger partial charge in [0.15, 0.2) is 0 Å². The average molecular weight is 333 g/mol. The SMILES string of the molecule is Nc1ccc2c(Oc3ccc(F)cc3Br)ccnc2c1. The molecule has 0 spiro atoms. The lowest BCUT2D eigenvalue weighted by atomic mass is 10.2. The number of anilines is 1. The van der Waals surface area contributed by atoms with Gasteiger partial charge in [-0.05, 0) is 58.4 Å². The summed E-state index contributed by atoms with van der Waals surface area (Å²) >= 11 is 3.28. The minimum absolute atomic E-state index is 0.323. The van der Waals surface area contributed by atoms with Gasteiger partial charge in [-0.1, -0.05) is 0 Å². The Balaban J connectivity index is 2.06. The number of nitrogens with zero attached hydrogens (tertiary/aromatic N) is 1. The van der Waals surface area contributed by atoms with E-state index in [-0.39, 0.29) is 5.82 Å². The molecule has 3 rings (SSSR count). The van der Waals surface area contributed by atoms with E-state index in [2.05, 4.69) is 20.9 Å². The van der Waals surface area contributed by atoms with Crippen molar-refractivity contribution < 1.29 is 9.13 Å². The minimum Gasteiger partial charge on any atom is -0.455 e. The van der Waals surface area contributed by atoms with Crippen molar-refractivity contribution in [2.45, 2.75) is 0 Å². The van der Waals surface area contributed by atoms with Crippen molar-refractivity contribution >= 4 is 32.5 Å². The van der Waals surface area contributed by atoms with Crippen LogP contribution in [0.2, 0.25) is 0 Å². The Bertz CT molecular complexity index is 792. The number of pyridine rings is 1. The van der Waals surface area contributed by atoms with E-state index < -0.39 is 0 Å². The van der Waals surface area contributed by atoms with E-state index in [1.54, 1.807) is 30.5 Å². The molecule has 0 saturated carbocycles. The molecule has 0 radical (unpaired) electrons. The topological polar surface area (TPSA) is 48.1 Å². The van der Waals surface area contributed by atoms with Crippen LogP contribution in [0, 0.1) is 5.82 Å². The van der Waals surface area contributed by atoms with E-state index in [4.69, 9.17) is 10.5 Å². The smallest absolute Gasteiger partial charge is 0.141 e. The zero-order chi connectivity index (χ0) is 14.1. The highest BCUT2D eigenvalue weighted by atomic mass is 79.9. The number of fused-ring (bicyclic) bond motifs is 1. The van der Waals surface area contributed by atoms with Crippen molar-refractivity contribution in [1.29, 1.82) is 0 Å². The van der Waals surface area contributed by atoms with E-state index in [0.29, 0.717) is 21.7 Å². The molecule has 0 amide bonds. The molecular weight excluding hydrogens is 323 g/mol. The first-order chi connectivity index (χ1) is 9.63. The largest absolute Gasteiger partial charge is 0.455 e. The molecule has 2 aromatic carbocycles. The van der Waals surface area contributed by atoms with Crippen LogP contribution in [0.25, 0.3) is 10.9 Å². The van der Waals surface area contributed by atoms with Crippen LogP contribution in [0.4, 0.5) is 10.1 Å². The van der Waals surface area contributed by atoms with E-state index in [1.165, 1.54) is 12.1 Å². The number of nitrogen functional groups attached to an aromatic ring is 1. The number of halogens is 2. The normalized spacial score (nSPS) is 10.7. The van der Waals surface area contributed by atoms with E-state index in [1.807, 2.05) is 6.07 Å². The first-order valence-electron chi connectivity index (χ1n) is 5.90. The number of nitrogens with two attached hydrogens (primary N) is 1. The Kier molecular flexibility index (Phi) is 3.28. The Labute approximate surface area is 123 Å². The first-order valence-corrected chi connectivity index (χ1v) is 6.70. The number of hydrogen-bond donors (Lipinski definition) is 1. The average Bonchev–Trinajstić information content (AvgIpc) is 2.41. The van der Waals surface area contributed by atoms with Gasteiger partial charge in [0.2, 0.25) is 0 Å². The molecule has 1 aromatic heterocycles. The number of benzene rings is 2. The monoisotopic (exact) mass is 332 g/mol. The van der Waals surface area contributed by atoms with Crippen LogP contribution in [-0.4, -0.2) is 4.98 Å². The third-order valence-corrected chi connectivity index (χ3v) is 3.46. The first kappa shape index (κ1) is 12.9. The van der Waals surface area contributed by atoms with Crippen molar-refractivity contribution in [1.82, 2.24) is 4.98 Å². The maximum Gasteiger partial charge on any atom is 0.141 e. The highest BCUT2D eigenvalue weighted by molar-refractivity contribution is 9.10. The third-order valence-electron chi connectivity index (χ3n) is 2.84. The Morgan fingerprint density at radius 3 is 2.70 bits per heavy atom. The lowest BCUT2D eigenvalue weighted by Crippen LogP contribution is -1.91. The summed E-state index contributed by atoms with van der Waals surface area (Å²) in [4.78, 5) is 4.25. The van der Waals surface area contributed by atoms with Crippen LogP contribution in [0.5, 0.6) is 11.5 Å². The van der Waals surface area contributed by atoms with Crippen molar-refractivity contribution in [3.63, 3.8) is 0 Å². The molecule has 0 unspecified atom stereocenters. The number of hydrogen-bond acceptors (Lipinski definition) is 3. The predicted octanol–water partition coefficient (Wildman–Crippen LogP) is 4.51. The molecule has 5 heteroatoms. The highest BCUT2D eigenvalue weighted by Crippen LogP contribution is 2.33. The van der Waals surface area contributed by atoms with Crippen LogP contribution in [0.1, 0.15) is 0 Å². The van der Waals surface area contributed by atoms with Gasteiger partial charge in [-0.2, -0.15) is 0 Å². The standard InChI is InChI=1S/C15H10BrFN2O/c16-12-7-9(17)1-4-15(12)20-14-5-6-19-13-8-10(18)2-3-11(13)14/h1-8H,18H2. The molecule has 1 heterocycles. The molecule has 2 N–H and O–H groups in total. The maximum atomic E-state index is 13.1. The van der Waals surface area contributed by atoms with E-state index >= 15 is 0 Å². The summed E-state index contributed by atoms with van der Waals surface area (Å²) in [7, 11) is 0. The van der Waals surface area contributed by atoms with Gasteiger partial charge < -0.3 is 10.5 Å². The summed E-state index contributed by atoms with van der Waals surface area (Å²) in [6, 6.07) is 11.5. The van der Waals surface area contributed by atoms with Gasteiger partial charge in [0.1, 0.15) is 17.3 Å². The molecule has 3 nitrogen and oxygen atoms in total. The lowest BCUT2D eigenvalue weighted by molar-refractivity contribution is 0.482. The Hall–Kier alpha value is -2.14. The summed E-state index contributed by atoms with van der Waals surface area (Å²) in [6.07, 6.45) is 1.65. The molecule has 20 heavy (non-hydrogen) atoms. The molecular formula is C15H10BrFN2O. The van der Waals surface area contributed by atoms with Crippen molar-refractivity contribution in [3.05, 3.63) is 59.0 Å². The summed E-state index contributed by atoms with van der Waals surface area (Å²) in [6.45, 7) is 0.